The molecule has 0 aliphatic carbocycles. The molecule has 0 heterocycles. The highest BCUT2D eigenvalue weighted by molar-refractivity contribution is 9.25. The van der Waals surface area contributed by atoms with E-state index in [4.69, 9.17) is 4.74 Å². The molecule has 0 aromatic carbocycles. The van der Waals surface area contributed by atoms with Gasteiger partial charge in [-0.3, -0.25) is 0 Å². The Morgan fingerprint density at radius 1 is 1.50 bits per heavy atom. The third kappa shape index (κ3) is 3.01. The number of hydrogen-bond acceptors (Lipinski definition) is 2. The quantitative estimate of drug-likeness (QED) is 0.583. The molecule has 0 radical (unpaired) electrons. The summed E-state index contributed by atoms with van der Waals surface area (Å²) in [5.74, 6) is -0.266. The number of esters is 1. The summed E-state index contributed by atoms with van der Waals surface area (Å²) in [6, 6.07) is 0. The molecule has 0 saturated heterocycles. The molecule has 0 spiro atoms. The predicted octanol–water partition coefficient (Wildman–Crippen LogP) is 2.45. The van der Waals surface area contributed by atoms with Crippen molar-refractivity contribution in [3.63, 3.8) is 0 Å². The van der Waals surface area contributed by atoms with Gasteiger partial charge in [0.1, 0.15) is 0 Å². The van der Waals surface area contributed by atoms with Crippen LogP contribution in [0.15, 0.2) is 0 Å². The summed E-state index contributed by atoms with van der Waals surface area (Å²) in [7, 11) is 0. The second kappa shape index (κ2) is 4.34. The Kier molecular flexibility index (Phi) is 4.52. The van der Waals surface area contributed by atoms with Gasteiger partial charge in [-0.05, 0) is 13.3 Å². The normalized spacial score (nSPS) is 11.2. The Hall–Kier alpha value is 0.430. The van der Waals surface area contributed by atoms with Crippen molar-refractivity contribution in [2.24, 2.45) is 0 Å². The summed E-state index contributed by atoms with van der Waals surface area (Å²) in [6.07, 6.45) is 0.659. The molecular formula is C6H10Br2O2. The zero-order valence-electron chi connectivity index (χ0n) is 5.99. The summed E-state index contributed by atoms with van der Waals surface area (Å²) >= 11 is 6.38. The van der Waals surface area contributed by atoms with Crippen LogP contribution < -0.4 is 0 Å². The van der Waals surface area contributed by atoms with Crippen molar-refractivity contribution in [3.8, 4) is 0 Å². The van der Waals surface area contributed by atoms with Crippen molar-refractivity contribution < 1.29 is 9.53 Å². The van der Waals surface area contributed by atoms with E-state index in [-0.39, 0.29) is 5.97 Å². The lowest BCUT2D eigenvalue weighted by molar-refractivity contribution is -0.143. The van der Waals surface area contributed by atoms with E-state index in [1.54, 1.807) is 6.92 Å². The molecule has 10 heavy (non-hydrogen) atoms. The largest absolute Gasteiger partial charge is 0.464 e. The molecule has 0 amide bonds. The van der Waals surface area contributed by atoms with Crippen molar-refractivity contribution in [1.82, 2.24) is 0 Å². The molecule has 0 N–H and O–H groups in total. The van der Waals surface area contributed by atoms with Gasteiger partial charge < -0.3 is 4.74 Å². The fourth-order valence-electron chi connectivity index (χ4n) is 0.381. The van der Waals surface area contributed by atoms with Crippen LogP contribution in [0.3, 0.4) is 0 Å². The minimum atomic E-state index is -0.685. The fourth-order valence-corrected chi connectivity index (χ4v) is 0.610. The Morgan fingerprint density at radius 3 is 2.30 bits per heavy atom. The molecule has 0 atom stereocenters. The zero-order valence-corrected chi connectivity index (χ0v) is 9.16. The van der Waals surface area contributed by atoms with E-state index in [0.29, 0.717) is 13.0 Å². The van der Waals surface area contributed by atoms with E-state index in [1.807, 2.05) is 6.92 Å². The molecule has 0 unspecified atom stereocenters. The molecule has 0 aliphatic heterocycles. The Bertz CT molecular complexity index is 123. The van der Waals surface area contributed by atoms with Gasteiger partial charge in [-0.25, -0.2) is 4.79 Å². The summed E-state index contributed by atoms with van der Waals surface area (Å²) < 4.78 is 4.08. The lowest BCUT2D eigenvalue weighted by atomic mass is 10.3. The first-order valence-corrected chi connectivity index (χ1v) is 4.68. The number of carbonyl (C=O) groups excluding carboxylic acids is 1. The Morgan fingerprint density at radius 2 is 2.00 bits per heavy atom. The van der Waals surface area contributed by atoms with Crippen LogP contribution in [0.5, 0.6) is 0 Å². The van der Waals surface area contributed by atoms with E-state index >= 15 is 0 Å². The van der Waals surface area contributed by atoms with Crippen molar-refractivity contribution in [3.05, 3.63) is 0 Å². The van der Waals surface area contributed by atoms with Gasteiger partial charge in [-0.1, -0.05) is 38.8 Å². The van der Waals surface area contributed by atoms with Gasteiger partial charge in [0.15, 0.2) is 3.23 Å². The molecular weight excluding hydrogens is 264 g/mol. The van der Waals surface area contributed by atoms with Crippen LogP contribution in [-0.2, 0) is 9.53 Å². The minimum Gasteiger partial charge on any atom is -0.464 e. The second-order valence-corrected chi connectivity index (χ2v) is 5.55. The lowest BCUT2D eigenvalue weighted by Gasteiger charge is -2.15. The second-order valence-electron chi connectivity index (χ2n) is 1.78. The summed E-state index contributed by atoms with van der Waals surface area (Å²) in [4.78, 5) is 11.0. The number of rotatable bonds is 3. The standard InChI is InChI=1S/C6H10Br2O2/c1-3-6(7,8)5(9)10-4-2/h3-4H2,1-2H3. The van der Waals surface area contributed by atoms with Crippen molar-refractivity contribution in [2.75, 3.05) is 6.61 Å². The Balaban J connectivity index is 3.91. The molecule has 60 valence electrons. The van der Waals surface area contributed by atoms with Crippen LogP contribution in [0.4, 0.5) is 0 Å². The van der Waals surface area contributed by atoms with E-state index < -0.39 is 3.23 Å². The molecule has 0 saturated carbocycles. The van der Waals surface area contributed by atoms with Gasteiger partial charge in [0.05, 0.1) is 6.61 Å². The number of carbonyl (C=O) groups is 1. The fraction of sp³-hybridized carbons (Fsp3) is 0.833. The van der Waals surface area contributed by atoms with Gasteiger partial charge in [0, 0.05) is 0 Å². The molecule has 4 heteroatoms. The topological polar surface area (TPSA) is 26.3 Å². The zero-order chi connectivity index (χ0) is 8.20. The molecule has 0 rings (SSSR count). The molecule has 2 nitrogen and oxygen atoms in total. The van der Waals surface area contributed by atoms with Crippen molar-refractivity contribution in [2.45, 2.75) is 23.5 Å². The Labute approximate surface area is 77.6 Å². The SMILES string of the molecule is CCOC(=O)C(Br)(Br)CC. The average Bonchev–Trinajstić information content (AvgIpc) is 1.89. The van der Waals surface area contributed by atoms with E-state index in [2.05, 4.69) is 31.9 Å². The van der Waals surface area contributed by atoms with Crippen LogP contribution in [0.2, 0.25) is 0 Å². The maximum Gasteiger partial charge on any atom is 0.333 e. The highest BCUT2D eigenvalue weighted by Gasteiger charge is 2.31. The van der Waals surface area contributed by atoms with Gasteiger partial charge in [-0.2, -0.15) is 0 Å². The number of halogens is 2. The minimum absolute atomic E-state index is 0.266. The van der Waals surface area contributed by atoms with E-state index in [1.165, 1.54) is 0 Å². The number of ether oxygens (including phenoxy) is 1. The number of hydrogen-bond donors (Lipinski definition) is 0. The third-order valence-corrected chi connectivity index (χ3v) is 2.79. The highest BCUT2D eigenvalue weighted by atomic mass is 79.9. The van der Waals surface area contributed by atoms with Crippen LogP contribution >= 0.6 is 31.9 Å². The molecule has 0 aromatic heterocycles. The van der Waals surface area contributed by atoms with Gasteiger partial charge >= 0.3 is 5.97 Å². The number of alkyl halides is 2. The van der Waals surface area contributed by atoms with E-state index in [0.717, 1.165) is 0 Å². The maximum atomic E-state index is 11.0. The van der Waals surface area contributed by atoms with Crippen LogP contribution in [0.1, 0.15) is 20.3 Å². The molecule has 0 aliphatic rings. The first-order valence-electron chi connectivity index (χ1n) is 3.09. The summed E-state index contributed by atoms with van der Waals surface area (Å²) in [5, 5.41) is 0. The van der Waals surface area contributed by atoms with Crippen LogP contribution in [-0.4, -0.2) is 15.8 Å². The van der Waals surface area contributed by atoms with Crippen LogP contribution in [0, 0.1) is 0 Å². The lowest BCUT2D eigenvalue weighted by Crippen LogP contribution is -2.26. The molecule has 0 bridgehead atoms. The van der Waals surface area contributed by atoms with E-state index in [9.17, 15) is 4.79 Å². The molecule has 0 fully saturated rings. The van der Waals surface area contributed by atoms with Gasteiger partial charge in [0.25, 0.3) is 0 Å². The van der Waals surface area contributed by atoms with Gasteiger partial charge in [-0.15, -0.1) is 0 Å². The maximum absolute atomic E-state index is 11.0. The smallest absolute Gasteiger partial charge is 0.333 e. The summed E-state index contributed by atoms with van der Waals surface area (Å²) in [5.41, 5.74) is 0. The highest BCUT2D eigenvalue weighted by Crippen LogP contribution is 2.31. The first-order chi connectivity index (χ1) is 4.54. The summed E-state index contributed by atoms with van der Waals surface area (Å²) in [6.45, 7) is 4.09. The van der Waals surface area contributed by atoms with Crippen molar-refractivity contribution >= 4 is 37.8 Å². The van der Waals surface area contributed by atoms with Crippen molar-refractivity contribution in [1.29, 1.82) is 0 Å². The monoisotopic (exact) mass is 272 g/mol. The third-order valence-electron chi connectivity index (χ3n) is 1.02. The molecule has 0 aromatic rings. The first kappa shape index (κ1) is 10.4. The van der Waals surface area contributed by atoms with Crippen LogP contribution in [0.25, 0.3) is 0 Å². The average molecular weight is 274 g/mol. The predicted molar refractivity (Wildman–Crippen MR) is 47.5 cm³/mol. The van der Waals surface area contributed by atoms with Gasteiger partial charge in [0.2, 0.25) is 0 Å².